The minimum Gasteiger partial charge on any atom is -0.424 e. The van der Waals surface area contributed by atoms with Crippen molar-refractivity contribution in [3.05, 3.63) is 89.4 Å². The predicted octanol–water partition coefficient (Wildman–Crippen LogP) is 4.19. The van der Waals surface area contributed by atoms with Crippen LogP contribution in [0.3, 0.4) is 0 Å². The summed E-state index contributed by atoms with van der Waals surface area (Å²) in [5.41, 5.74) is 8.32. The van der Waals surface area contributed by atoms with Gasteiger partial charge in [0, 0.05) is 31.0 Å². The number of nitrogen functional groups attached to an aromatic ring is 1. The van der Waals surface area contributed by atoms with E-state index in [1.54, 1.807) is 30.6 Å². The molecule has 34 heavy (non-hydrogen) atoms. The van der Waals surface area contributed by atoms with Crippen LogP contribution in [0.2, 0.25) is 0 Å². The molecule has 9 nitrogen and oxygen atoms in total. The Balaban J connectivity index is 1.46. The van der Waals surface area contributed by atoms with Crippen LogP contribution in [-0.2, 0) is 18.4 Å². The number of aryl methyl sites for hydroxylation is 1. The first kappa shape index (κ1) is 22.9. The largest absolute Gasteiger partial charge is 0.424 e. The summed E-state index contributed by atoms with van der Waals surface area (Å²) in [7, 11) is 0. The third-order valence-corrected chi connectivity index (χ3v) is 5.53. The lowest BCUT2D eigenvalue weighted by Gasteiger charge is -2.21. The van der Waals surface area contributed by atoms with Gasteiger partial charge in [0.1, 0.15) is 11.6 Å². The van der Waals surface area contributed by atoms with E-state index in [2.05, 4.69) is 30.8 Å². The van der Waals surface area contributed by atoms with E-state index in [4.69, 9.17) is 10.2 Å². The number of hydrogen-bond donors (Lipinski definition) is 3. The van der Waals surface area contributed by atoms with E-state index in [1.165, 1.54) is 0 Å². The molecule has 0 fully saturated rings. The smallest absolute Gasteiger partial charge is 0.259 e. The molecule has 1 amide bonds. The van der Waals surface area contributed by atoms with Gasteiger partial charge in [0.15, 0.2) is 0 Å². The Morgan fingerprint density at radius 3 is 2.56 bits per heavy atom. The molecule has 0 bridgehead atoms. The topological polar surface area (TPSA) is 132 Å². The van der Waals surface area contributed by atoms with Crippen LogP contribution in [-0.4, -0.2) is 26.1 Å². The number of carbonyl (C=O) groups is 1. The van der Waals surface area contributed by atoms with E-state index in [-0.39, 0.29) is 5.91 Å². The number of amides is 1. The van der Waals surface area contributed by atoms with Crippen molar-refractivity contribution in [2.75, 3.05) is 16.4 Å². The molecule has 0 aliphatic heterocycles. The van der Waals surface area contributed by atoms with Gasteiger partial charge in [0.05, 0.1) is 11.0 Å². The molecule has 9 heteroatoms. The third kappa shape index (κ3) is 5.03. The molecule has 0 atom stereocenters. The van der Waals surface area contributed by atoms with Gasteiger partial charge in [-0.25, -0.2) is 9.97 Å². The fourth-order valence-corrected chi connectivity index (χ4v) is 3.46. The monoisotopic (exact) mass is 457 g/mol. The van der Waals surface area contributed by atoms with Gasteiger partial charge in [-0.3, -0.25) is 4.79 Å². The lowest BCUT2D eigenvalue weighted by Crippen LogP contribution is -2.20. The Morgan fingerprint density at radius 1 is 1.06 bits per heavy atom. The highest BCUT2D eigenvalue weighted by atomic mass is 16.4. The molecule has 0 radical (unpaired) electrons. The Kier molecular flexibility index (Phi) is 6.53. The number of nitrogens with one attached hydrogen (secondary N) is 2. The second-order valence-corrected chi connectivity index (χ2v) is 8.35. The SMILES string of the molecule is CCc1nnc(C(C)(C)c2ccc(NC(=O)c3cccnc3NCc3ccnc(N)c3)cc2)o1. The molecule has 0 saturated heterocycles. The van der Waals surface area contributed by atoms with Gasteiger partial charge in [-0.1, -0.05) is 19.1 Å². The van der Waals surface area contributed by atoms with E-state index in [1.807, 2.05) is 51.1 Å². The van der Waals surface area contributed by atoms with Gasteiger partial charge < -0.3 is 20.8 Å². The lowest BCUT2D eigenvalue weighted by atomic mass is 9.84. The van der Waals surface area contributed by atoms with Gasteiger partial charge in [0.2, 0.25) is 11.8 Å². The summed E-state index contributed by atoms with van der Waals surface area (Å²) in [5, 5.41) is 14.4. The van der Waals surface area contributed by atoms with Crippen LogP contribution in [0.25, 0.3) is 0 Å². The maximum absolute atomic E-state index is 13.0. The van der Waals surface area contributed by atoms with Crippen LogP contribution < -0.4 is 16.4 Å². The van der Waals surface area contributed by atoms with Crippen LogP contribution in [0.4, 0.5) is 17.3 Å². The Bertz CT molecular complexity index is 1280. The maximum atomic E-state index is 13.0. The average Bonchev–Trinajstić information content (AvgIpc) is 3.34. The van der Waals surface area contributed by atoms with Crippen LogP contribution in [0, 0.1) is 0 Å². The lowest BCUT2D eigenvalue weighted by molar-refractivity contribution is 0.102. The molecule has 3 aromatic heterocycles. The molecule has 0 saturated carbocycles. The van der Waals surface area contributed by atoms with Crippen molar-refractivity contribution < 1.29 is 9.21 Å². The predicted molar refractivity (Wildman–Crippen MR) is 130 cm³/mol. The Labute approximate surface area is 197 Å². The number of benzene rings is 1. The number of nitrogens with two attached hydrogens (primary N) is 1. The highest BCUT2D eigenvalue weighted by Gasteiger charge is 2.29. The molecule has 174 valence electrons. The van der Waals surface area contributed by atoms with Gasteiger partial charge >= 0.3 is 0 Å². The minimum absolute atomic E-state index is 0.263. The summed E-state index contributed by atoms with van der Waals surface area (Å²) in [6.45, 7) is 6.48. The normalized spacial score (nSPS) is 11.3. The molecule has 0 aliphatic carbocycles. The van der Waals surface area contributed by atoms with Crippen molar-refractivity contribution in [3.8, 4) is 0 Å². The second-order valence-electron chi connectivity index (χ2n) is 8.35. The van der Waals surface area contributed by atoms with Crippen molar-refractivity contribution in [1.82, 2.24) is 20.2 Å². The second kappa shape index (κ2) is 9.70. The number of pyridine rings is 2. The van der Waals surface area contributed by atoms with E-state index < -0.39 is 5.41 Å². The molecule has 4 rings (SSSR count). The molecular formula is C25H27N7O2. The number of carbonyl (C=O) groups excluding carboxylic acids is 1. The third-order valence-electron chi connectivity index (χ3n) is 5.53. The number of rotatable bonds is 8. The van der Waals surface area contributed by atoms with Crippen molar-refractivity contribution in [3.63, 3.8) is 0 Å². The molecule has 1 aromatic carbocycles. The van der Waals surface area contributed by atoms with Crippen LogP contribution in [0.5, 0.6) is 0 Å². The summed E-state index contributed by atoms with van der Waals surface area (Å²) in [6.07, 6.45) is 3.97. The molecular weight excluding hydrogens is 430 g/mol. The number of hydrogen-bond acceptors (Lipinski definition) is 8. The zero-order valence-electron chi connectivity index (χ0n) is 19.4. The Hall–Kier alpha value is -4.27. The maximum Gasteiger partial charge on any atom is 0.259 e. The zero-order chi connectivity index (χ0) is 24.1. The zero-order valence-corrected chi connectivity index (χ0v) is 19.4. The number of nitrogens with zero attached hydrogens (tertiary/aromatic N) is 4. The van der Waals surface area contributed by atoms with Gasteiger partial charge in [0.25, 0.3) is 5.91 Å². The molecule has 4 N–H and O–H groups in total. The van der Waals surface area contributed by atoms with Crippen molar-refractivity contribution in [2.45, 2.75) is 39.2 Å². The van der Waals surface area contributed by atoms with Gasteiger partial charge in [-0.05, 0) is 61.4 Å². The van der Waals surface area contributed by atoms with Crippen LogP contribution in [0.15, 0.2) is 65.3 Å². The van der Waals surface area contributed by atoms with Crippen molar-refractivity contribution >= 4 is 23.2 Å². The first-order chi connectivity index (χ1) is 16.4. The highest BCUT2D eigenvalue weighted by molar-refractivity contribution is 6.07. The first-order valence-electron chi connectivity index (χ1n) is 11.0. The van der Waals surface area contributed by atoms with Crippen LogP contribution in [0.1, 0.15) is 54.0 Å². The Morgan fingerprint density at radius 2 is 1.85 bits per heavy atom. The van der Waals surface area contributed by atoms with Gasteiger partial charge in [-0.2, -0.15) is 0 Å². The molecule has 0 aliphatic rings. The van der Waals surface area contributed by atoms with Crippen LogP contribution >= 0.6 is 0 Å². The molecule has 4 aromatic rings. The molecule has 0 unspecified atom stereocenters. The fourth-order valence-electron chi connectivity index (χ4n) is 3.46. The van der Waals surface area contributed by atoms with E-state index >= 15 is 0 Å². The first-order valence-corrected chi connectivity index (χ1v) is 11.0. The number of aromatic nitrogens is 4. The fraction of sp³-hybridized carbons (Fsp3) is 0.240. The highest BCUT2D eigenvalue weighted by Crippen LogP contribution is 2.31. The quantitative estimate of drug-likeness (QED) is 0.359. The molecule has 3 heterocycles. The minimum atomic E-state index is -0.459. The van der Waals surface area contributed by atoms with E-state index in [9.17, 15) is 4.79 Å². The summed E-state index contributed by atoms with van der Waals surface area (Å²) in [6, 6.07) is 14.7. The van der Waals surface area contributed by atoms with E-state index in [0.717, 1.165) is 11.1 Å². The standard InChI is InChI=1S/C25H27N7O2/c1-4-21-31-32-24(34-21)25(2,3)17-7-9-18(10-8-17)30-23(33)19-6-5-12-28-22(19)29-15-16-11-13-27-20(26)14-16/h5-14H,4,15H2,1-3H3,(H2,26,27)(H,28,29)(H,30,33). The summed E-state index contributed by atoms with van der Waals surface area (Å²) in [4.78, 5) is 21.3. The average molecular weight is 458 g/mol. The van der Waals surface area contributed by atoms with Crippen molar-refractivity contribution in [1.29, 1.82) is 0 Å². The van der Waals surface area contributed by atoms with Crippen molar-refractivity contribution in [2.24, 2.45) is 0 Å². The van der Waals surface area contributed by atoms with Gasteiger partial charge in [-0.15, -0.1) is 10.2 Å². The summed E-state index contributed by atoms with van der Waals surface area (Å²) in [5.74, 6) is 1.83. The summed E-state index contributed by atoms with van der Waals surface area (Å²) >= 11 is 0. The number of anilines is 3. The van der Waals surface area contributed by atoms with E-state index in [0.29, 0.717) is 47.6 Å². The molecule has 0 spiro atoms. The summed E-state index contributed by atoms with van der Waals surface area (Å²) < 4.78 is 5.76.